The number of hydrogen-bond acceptors (Lipinski definition) is 4. The topological polar surface area (TPSA) is 94.9 Å². The number of nitrogens with two attached hydrogens (primary N) is 2. The lowest BCUT2D eigenvalue weighted by Gasteiger charge is -2.06. The Labute approximate surface area is 88.7 Å². The molecular weight excluding hydrogens is 225 g/mol. The molecule has 8 heteroatoms. The second-order valence-corrected chi connectivity index (χ2v) is 3.06. The van der Waals surface area contributed by atoms with Gasteiger partial charge >= 0.3 is 6.18 Å². The summed E-state index contributed by atoms with van der Waals surface area (Å²) in [6.07, 6.45) is -4.67. The summed E-state index contributed by atoms with van der Waals surface area (Å²) in [6.45, 7) is 0. The summed E-state index contributed by atoms with van der Waals surface area (Å²) in [5, 5.41) is 0. The van der Waals surface area contributed by atoms with Crippen LogP contribution in [0.1, 0.15) is 22.6 Å². The molecule has 0 aliphatic carbocycles. The molecule has 1 aromatic heterocycles. The monoisotopic (exact) mass is 234 g/mol. The second-order valence-electron chi connectivity index (χ2n) is 3.06. The predicted molar refractivity (Wildman–Crippen MR) is 49.3 cm³/mol. The Bertz CT molecular complexity index is 405. The molecule has 1 heterocycles. The maximum atomic E-state index is 11.9. The van der Waals surface area contributed by atoms with Crippen molar-refractivity contribution in [2.75, 3.05) is 5.73 Å². The van der Waals surface area contributed by atoms with Gasteiger partial charge in [0.05, 0.1) is 12.0 Å². The average molecular weight is 234 g/mol. The van der Waals surface area contributed by atoms with Crippen LogP contribution < -0.4 is 11.5 Å². The Morgan fingerprint density at radius 3 is 2.50 bits per heavy atom. The zero-order valence-electron chi connectivity index (χ0n) is 8.08. The van der Waals surface area contributed by atoms with Crippen LogP contribution >= 0.6 is 0 Å². The molecular formula is C8H9F3N4O. The molecule has 0 saturated heterocycles. The van der Waals surface area contributed by atoms with Crippen LogP contribution in [0.5, 0.6) is 0 Å². The fourth-order valence-electron chi connectivity index (χ4n) is 0.997. The molecule has 1 amide bonds. The number of primary amides is 1. The molecule has 0 radical (unpaired) electrons. The molecule has 0 spiro atoms. The van der Waals surface area contributed by atoms with Gasteiger partial charge in [0.25, 0.3) is 5.91 Å². The largest absolute Gasteiger partial charge is 0.389 e. The molecule has 5 nitrogen and oxygen atoms in total. The summed E-state index contributed by atoms with van der Waals surface area (Å²) in [4.78, 5) is 17.9. The predicted octanol–water partition coefficient (Wildman–Crippen LogP) is 0.653. The van der Waals surface area contributed by atoms with E-state index in [2.05, 4.69) is 9.97 Å². The first-order chi connectivity index (χ1) is 7.29. The van der Waals surface area contributed by atoms with E-state index in [-0.39, 0.29) is 23.6 Å². The SMILES string of the molecule is NC(=O)c1cnc(CCC(F)(F)F)nc1N. The van der Waals surface area contributed by atoms with E-state index in [1.807, 2.05) is 0 Å². The Morgan fingerprint density at radius 2 is 2.06 bits per heavy atom. The van der Waals surface area contributed by atoms with E-state index >= 15 is 0 Å². The van der Waals surface area contributed by atoms with Gasteiger partial charge in [0, 0.05) is 12.6 Å². The van der Waals surface area contributed by atoms with Crippen LogP contribution in [0.3, 0.4) is 0 Å². The smallest absolute Gasteiger partial charge is 0.383 e. The number of nitrogens with zero attached hydrogens (tertiary/aromatic N) is 2. The zero-order valence-corrected chi connectivity index (χ0v) is 8.08. The first-order valence-corrected chi connectivity index (χ1v) is 4.27. The molecule has 0 aliphatic rings. The van der Waals surface area contributed by atoms with Crippen molar-refractivity contribution in [2.45, 2.75) is 19.0 Å². The van der Waals surface area contributed by atoms with Crippen molar-refractivity contribution in [3.8, 4) is 0 Å². The number of carbonyl (C=O) groups is 1. The molecule has 16 heavy (non-hydrogen) atoms. The van der Waals surface area contributed by atoms with Crippen molar-refractivity contribution in [1.82, 2.24) is 9.97 Å². The van der Waals surface area contributed by atoms with E-state index < -0.39 is 18.5 Å². The van der Waals surface area contributed by atoms with Gasteiger partial charge < -0.3 is 11.5 Å². The molecule has 4 N–H and O–H groups in total. The minimum atomic E-state index is -4.28. The molecule has 88 valence electrons. The maximum absolute atomic E-state index is 11.9. The van der Waals surface area contributed by atoms with Crippen LogP contribution in [0, 0.1) is 0 Å². The van der Waals surface area contributed by atoms with Gasteiger partial charge in [0.1, 0.15) is 11.6 Å². The molecule has 0 fully saturated rings. The lowest BCUT2D eigenvalue weighted by molar-refractivity contribution is -0.134. The van der Waals surface area contributed by atoms with Gasteiger partial charge in [-0.3, -0.25) is 4.79 Å². The number of amides is 1. The van der Waals surface area contributed by atoms with Crippen LogP contribution in [-0.2, 0) is 6.42 Å². The van der Waals surface area contributed by atoms with Crippen molar-refractivity contribution >= 4 is 11.7 Å². The number of rotatable bonds is 3. The van der Waals surface area contributed by atoms with Crippen molar-refractivity contribution in [3.63, 3.8) is 0 Å². The fraction of sp³-hybridized carbons (Fsp3) is 0.375. The van der Waals surface area contributed by atoms with E-state index in [0.29, 0.717) is 0 Å². The van der Waals surface area contributed by atoms with Gasteiger partial charge in [0.15, 0.2) is 0 Å². The summed E-state index contributed by atoms with van der Waals surface area (Å²) < 4.78 is 35.7. The Hall–Kier alpha value is -1.86. The maximum Gasteiger partial charge on any atom is 0.389 e. The van der Waals surface area contributed by atoms with Crippen molar-refractivity contribution in [3.05, 3.63) is 17.6 Å². The normalized spacial score (nSPS) is 11.4. The highest BCUT2D eigenvalue weighted by atomic mass is 19.4. The van der Waals surface area contributed by atoms with E-state index in [0.717, 1.165) is 6.20 Å². The summed E-state index contributed by atoms with van der Waals surface area (Å²) in [5.74, 6) is -1.10. The third-order valence-corrected chi connectivity index (χ3v) is 1.77. The summed E-state index contributed by atoms with van der Waals surface area (Å²) in [7, 11) is 0. The van der Waals surface area contributed by atoms with E-state index in [4.69, 9.17) is 11.5 Å². The Balaban J connectivity index is 2.78. The second kappa shape index (κ2) is 4.33. The van der Waals surface area contributed by atoms with E-state index in [1.165, 1.54) is 0 Å². The van der Waals surface area contributed by atoms with Crippen molar-refractivity contribution in [2.24, 2.45) is 5.73 Å². The van der Waals surface area contributed by atoms with Crippen LogP contribution in [0.2, 0.25) is 0 Å². The van der Waals surface area contributed by atoms with E-state index in [1.54, 1.807) is 0 Å². The van der Waals surface area contributed by atoms with Gasteiger partial charge in [-0.25, -0.2) is 9.97 Å². The molecule has 1 rings (SSSR count). The van der Waals surface area contributed by atoms with Crippen molar-refractivity contribution < 1.29 is 18.0 Å². The highest BCUT2D eigenvalue weighted by Crippen LogP contribution is 2.21. The number of carbonyl (C=O) groups excluding carboxylic acids is 1. The molecule has 0 aromatic carbocycles. The number of aromatic nitrogens is 2. The molecule has 0 atom stereocenters. The van der Waals surface area contributed by atoms with Gasteiger partial charge in [-0.1, -0.05) is 0 Å². The highest BCUT2D eigenvalue weighted by molar-refractivity contribution is 5.96. The first kappa shape index (κ1) is 12.2. The third-order valence-electron chi connectivity index (χ3n) is 1.77. The lowest BCUT2D eigenvalue weighted by Crippen LogP contribution is -2.17. The quantitative estimate of drug-likeness (QED) is 0.802. The highest BCUT2D eigenvalue weighted by Gasteiger charge is 2.27. The molecule has 1 aromatic rings. The Morgan fingerprint density at radius 1 is 1.44 bits per heavy atom. The minimum absolute atomic E-state index is 0.0696. The zero-order chi connectivity index (χ0) is 12.3. The fourth-order valence-corrected chi connectivity index (χ4v) is 0.997. The van der Waals surface area contributed by atoms with Crippen LogP contribution in [-0.4, -0.2) is 22.1 Å². The number of anilines is 1. The molecule has 0 saturated carbocycles. The standard InChI is InChI=1S/C8H9F3N4O/c9-8(10,11)2-1-5-14-3-4(7(13)16)6(12)15-5/h3H,1-2H2,(H2,13,16)(H2,12,14,15). The minimum Gasteiger partial charge on any atom is -0.383 e. The van der Waals surface area contributed by atoms with Crippen LogP contribution in [0.25, 0.3) is 0 Å². The number of halogens is 3. The Kier molecular flexibility index (Phi) is 3.31. The van der Waals surface area contributed by atoms with Gasteiger partial charge in [0.2, 0.25) is 0 Å². The average Bonchev–Trinajstić information content (AvgIpc) is 2.13. The van der Waals surface area contributed by atoms with Gasteiger partial charge in [-0.15, -0.1) is 0 Å². The first-order valence-electron chi connectivity index (χ1n) is 4.27. The van der Waals surface area contributed by atoms with Gasteiger partial charge in [-0.2, -0.15) is 13.2 Å². The molecule has 0 bridgehead atoms. The number of aryl methyl sites for hydroxylation is 1. The summed E-state index contributed by atoms with van der Waals surface area (Å²) in [6, 6.07) is 0. The molecule has 0 aliphatic heterocycles. The molecule has 0 unspecified atom stereocenters. The summed E-state index contributed by atoms with van der Waals surface area (Å²) >= 11 is 0. The van der Waals surface area contributed by atoms with Crippen LogP contribution in [0.15, 0.2) is 6.20 Å². The number of nitrogen functional groups attached to an aromatic ring is 1. The third kappa shape index (κ3) is 3.37. The van der Waals surface area contributed by atoms with E-state index in [9.17, 15) is 18.0 Å². The van der Waals surface area contributed by atoms with Crippen molar-refractivity contribution in [1.29, 1.82) is 0 Å². The number of hydrogen-bond donors (Lipinski definition) is 2. The summed E-state index contributed by atoms with van der Waals surface area (Å²) in [5.41, 5.74) is 10.2. The van der Waals surface area contributed by atoms with Gasteiger partial charge in [-0.05, 0) is 0 Å². The number of alkyl halides is 3. The lowest BCUT2D eigenvalue weighted by atomic mass is 10.2. The van der Waals surface area contributed by atoms with Crippen LogP contribution in [0.4, 0.5) is 19.0 Å².